The molecule has 0 aromatic heterocycles. The maximum atomic E-state index is 13.9. The Balaban J connectivity index is 1.21. The Kier molecular flexibility index (Phi) is 12.4. The van der Waals surface area contributed by atoms with E-state index < -0.39 is 17.1 Å². The zero-order chi connectivity index (χ0) is 37.7. The first-order valence-corrected chi connectivity index (χ1v) is 17.8. The van der Waals surface area contributed by atoms with Gasteiger partial charge in [-0.25, -0.2) is 0 Å². The van der Waals surface area contributed by atoms with Crippen LogP contribution in [0.5, 0.6) is 23.0 Å². The fraction of sp³-hybridized carbons (Fsp3) is 0.0682. The summed E-state index contributed by atoms with van der Waals surface area (Å²) in [7, 11) is 3.06. The maximum Gasteiger partial charge on any atom is 0.272 e. The van der Waals surface area contributed by atoms with Crippen LogP contribution in [-0.4, -0.2) is 31.9 Å². The number of nitrogens with one attached hydrogen (secondary N) is 3. The quantitative estimate of drug-likeness (QED) is 0.0755. The van der Waals surface area contributed by atoms with E-state index in [2.05, 4.69) is 16.0 Å². The van der Waals surface area contributed by atoms with Gasteiger partial charge in [-0.15, -0.1) is 11.8 Å². The van der Waals surface area contributed by atoms with Crippen molar-refractivity contribution in [2.75, 3.05) is 24.9 Å². The molecule has 0 bridgehead atoms. The number of ether oxygens (including phenoxy) is 3. The van der Waals surface area contributed by atoms with Gasteiger partial charge in [0, 0.05) is 27.4 Å². The molecule has 0 aliphatic heterocycles. The smallest absolute Gasteiger partial charge is 0.272 e. The third kappa shape index (κ3) is 9.96. The van der Waals surface area contributed by atoms with Gasteiger partial charge in [0.25, 0.3) is 11.8 Å². The summed E-state index contributed by atoms with van der Waals surface area (Å²) < 4.78 is 16.8. The van der Waals surface area contributed by atoms with E-state index in [1.54, 1.807) is 91.0 Å². The molecule has 270 valence electrons. The number of methoxy groups -OCH3 is 2. The highest BCUT2D eigenvalue weighted by atomic mass is 32.2. The van der Waals surface area contributed by atoms with Gasteiger partial charge in [-0.1, -0.05) is 72.8 Å². The van der Waals surface area contributed by atoms with Gasteiger partial charge in [0.15, 0.2) is 0 Å². The van der Waals surface area contributed by atoms with Crippen LogP contribution in [0.25, 0.3) is 6.08 Å². The lowest BCUT2D eigenvalue weighted by Gasteiger charge is -2.18. The predicted molar refractivity (Wildman–Crippen MR) is 213 cm³/mol. The van der Waals surface area contributed by atoms with Gasteiger partial charge in [-0.05, 0) is 96.6 Å². The zero-order valence-corrected chi connectivity index (χ0v) is 30.3. The molecule has 0 radical (unpaired) electrons. The molecule has 54 heavy (non-hydrogen) atoms. The Labute approximate surface area is 318 Å². The van der Waals surface area contributed by atoms with Gasteiger partial charge in [0.1, 0.15) is 33.9 Å². The van der Waals surface area contributed by atoms with E-state index >= 15 is 0 Å². The Bertz CT molecular complexity index is 2230. The molecule has 0 heterocycles. The minimum Gasteiger partial charge on any atom is -0.497 e. The Morgan fingerprint density at radius 3 is 1.94 bits per heavy atom. The highest BCUT2D eigenvalue weighted by Crippen LogP contribution is 2.37. The lowest BCUT2D eigenvalue weighted by Crippen LogP contribution is -2.30. The largest absolute Gasteiger partial charge is 0.497 e. The molecule has 0 fully saturated rings. The summed E-state index contributed by atoms with van der Waals surface area (Å²) in [6, 6.07) is 47.1. The van der Waals surface area contributed by atoms with Crippen LogP contribution in [0.15, 0.2) is 168 Å². The lowest BCUT2D eigenvalue weighted by molar-refractivity contribution is -0.116. The van der Waals surface area contributed by atoms with Gasteiger partial charge in [0.05, 0.1) is 14.2 Å². The first-order chi connectivity index (χ1) is 26.4. The first-order valence-electron chi connectivity index (χ1n) is 17.0. The van der Waals surface area contributed by atoms with Crippen molar-refractivity contribution in [1.29, 1.82) is 0 Å². The Morgan fingerprint density at radius 1 is 0.611 bits per heavy atom. The van der Waals surface area contributed by atoms with Crippen molar-refractivity contribution in [3.63, 3.8) is 0 Å². The van der Waals surface area contributed by atoms with Gasteiger partial charge in [-0.3, -0.25) is 14.4 Å². The van der Waals surface area contributed by atoms with Crippen molar-refractivity contribution >= 4 is 46.9 Å². The number of rotatable bonds is 14. The predicted octanol–water partition coefficient (Wildman–Crippen LogP) is 9.38. The molecule has 3 amide bonds. The minimum atomic E-state index is -0.626. The second-order valence-electron chi connectivity index (χ2n) is 11.8. The third-order valence-corrected chi connectivity index (χ3v) is 9.30. The summed E-state index contributed by atoms with van der Waals surface area (Å²) in [5, 5.41) is 8.08. The molecule has 1 atom stereocenters. The molecule has 3 N–H and O–H groups in total. The molecule has 1 unspecified atom stereocenters. The molecule has 0 saturated heterocycles. The second kappa shape index (κ2) is 18.1. The van der Waals surface area contributed by atoms with E-state index in [1.807, 2.05) is 66.7 Å². The monoisotopic (exact) mass is 735 g/mol. The molecule has 0 aliphatic rings. The number of amides is 3. The van der Waals surface area contributed by atoms with E-state index in [0.29, 0.717) is 39.8 Å². The van der Waals surface area contributed by atoms with Crippen molar-refractivity contribution in [3.05, 3.63) is 180 Å². The zero-order valence-electron chi connectivity index (χ0n) is 29.5. The average Bonchev–Trinajstić information content (AvgIpc) is 3.21. The normalized spacial score (nSPS) is 11.5. The standard InChI is InChI=1S/C44H37N3O6S/c1-51-37-25-26-40(52-2)32(27-37)28-39(47-42(48)31-15-8-4-9-16-31)43(49)46-34-17-12-20-38(29-34)54-41(30-13-6-3-7-14-30)44(50)45-33-21-23-36(24-22-33)53-35-18-10-5-11-19-35/h3-29,41H,1-2H3,(H,45,50)(H,46,49)(H,47,48)/b39-28+. The molecule has 6 rings (SSSR count). The Morgan fingerprint density at radius 2 is 1.26 bits per heavy atom. The molecule has 6 aromatic rings. The van der Waals surface area contributed by atoms with Gasteiger partial charge in [-0.2, -0.15) is 0 Å². The van der Waals surface area contributed by atoms with Crippen molar-refractivity contribution in [2.45, 2.75) is 10.1 Å². The number of hydrogen-bond donors (Lipinski definition) is 3. The summed E-state index contributed by atoms with van der Waals surface area (Å²) in [5.41, 5.74) is 2.77. The summed E-state index contributed by atoms with van der Waals surface area (Å²) in [6.45, 7) is 0. The van der Waals surface area contributed by atoms with Crippen molar-refractivity contribution in [3.8, 4) is 23.0 Å². The molecule has 10 heteroatoms. The maximum absolute atomic E-state index is 13.9. The SMILES string of the molecule is COc1ccc(OC)c(/C=C(/NC(=O)c2ccccc2)C(=O)Nc2cccc(SC(C(=O)Nc3ccc(Oc4ccccc4)cc3)c3ccccc3)c2)c1. The number of benzene rings is 6. The number of thioether (sulfide) groups is 1. The Hall–Kier alpha value is -6.78. The van der Waals surface area contributed by atoms with Gasteiger partial charge >= 0.3 is 0 Å². The average molecular weight is 736 g/mol. The molecule has 0 spiro atoms. The number of carbonyl (C=O) groups excluding carboxylic acids is 3. The third-order valence-electron chi connectivity index (χ3n) is 8.05. The molecule has 9 nitrogen and oxygen atoms in total. The van der Waals surface area contributed by atoms with Crippen LogP contribution in [0.4, 0.5) is 11.4 Å². The molecule has 0 aliphatic carbocycles. The van der Waals surface area contributed by atoms with E-state index in [9.17, 15) is 14.4 Å². The summed E-state index contributed by atoms with van der Waals surface area (Å²) >= 11 is 1.34. The van der Waals surface area contributed by atoms with Crippen molar-refractivity contribution in [2.24, 2.45) is 0 Å². The van der Waals surface area contributed by atoms with Crippen LogP contribution in [0.1, 0.15) is 26.7 Å². The second-order valence-corrected chi connectivity index (χ2v) is 13.0. The summed E-state index contributed by atoms with van der Waals surface area (Å²) in [6.07, 6.45) is 1.53. The van der Waals surface area contributed by atoms with Gasteiger partial charge < -0.3 is 30.2 Å². The van der Waals surface area contributed by atoms with E-state index in [1.165, 1.54) is 32.1 Å². The molecular formula is C44H37N3O6S. The topological polar surface area (TPSA) is 115 Å². The van der Waals surface area contributed by atoms with E-state index in [-0.39, 0.29) is 11.6 Å². The van der Waals surface area contributed by atoms with Crippen LogP contribution >= 0.6 is 11.8 Å². The number of carbonyl (C=O) groups is 3. The van der Waals surface area contributed by atoms with Crippen LogP contribution in [0.2, 0.25) is 0 Å². The van der Waals surface area contributed by atoms with Crippen LogP contribution in [-0.2, 0) is 9.59 Å². The fourth-order valence-corrected chi connectivity index (χ4v) is 6.45. The van der Waals surface area contributed by atoms with Crippen LogP contribution in [0.3, 0.4) is 0 Å². The van der Waals surface area contributed by atoms with Crippen LogP contribution < -0.4 is 30.2 Å². The summed E-state index contributed by atoms with van der Waals surface area (Å²) in [5.74, 6) is 1.14. The van der Waals surface area contributed by atoms with Crippen LogP contribution in [0, 0.1) is 0 Å². The minimum absolute atomic E-state index is 0.0183. The highest BCUT2D eigenvalue weighted by Gasteiger charge is 2.23. The first kappa shape index (κ1) is 37.0. The number of para-hydroxylation sites is 1. The van der Waals surface area contributed by atoms with E-state index in [0.717, 1.165) is 16.2 Å². The highest BCUT2D eigenvalue weighted by molar-refractivity contribution is 8.00. The molecular weight excluding hydrogens is 699 g/mol. The van der Waals surface area contributed by atoms with Crippen molar-refractivity contribution < 1.29 is 28.6 Å². The number of anilines is 2. The molecule has 6 aromatic carbocycles. The summed E-state index contributed by atoms with van der Waals surface area (Å²) in [4.78, 5) is 41.7. The van der Waals surface area contributed by atoms with Crippen molar-refractivity contribution in [1.82, 2.24) is 5.32 Å². The number of hydrogen-bond acceptors (Lipinski definition) is 7. The molecule has 0 saturated carbocycles. The van der Waals surface area contributed by atoms with Gasteiger partial charge in [0.2, 0.25) is 5.91 Å². The fourth-order valence-electron chi connectivity index (χ4n) is 5.37. The lowest BCUT2D eigenvalue weighted by atomic mass is 10.1. The van der Waals surface area contributed by atoms with E-state index in [4.69, 9.17) is 14.2 Å².